The van der Waals surface area contributed by atoms with E-state index in [-0.39, 0.29) is 13.0 Å². The van der Waals surface area contributed by atoms with Gasteiger partial charge in [-0.25, -0.2) is 13.2 Å². The van der Waals surface area contributed by atoms with Crippen molar-refractivity contribution in [3.05, 3.63) is 70.7 Å². The number of nitrogens with two attached hydrogens (primary N) is 1. The van der Waals surface area contributed by atoms with E-state index in [0.29, 0.717) is 67.7 Å². The molecule has 1 fully saturated rings. The molecule has 1 aliphatic rings. The summed E-state index contributed by atoms with van der Waals surface area (Å²) in [7, 11) is 1.57. The number of hydrogen-bond acceptors (Lipinski definition) is 6. The van der Waals surface area contributed by atoms with Crippen LogP contribution in [0.2, 0.25) is 0 Å². The van der Waals surface area contributed by atoms with Gasteiger partial charge < -0.3 is 26.0 Å². The number of piperidine rings is 1. The van der Waals surface area contributed by atoms with Gasteiger partial charge in [0.15, 0.2) is 0 Å². The van der Waals surface area contributed by atoms with Crippen molar-refractivity contribution in [2.45, 2.75) is 50.9 Å². The SMILES string of the molecule is COc1ccc2ncc(CN)c([C@H](O)CCC3([C@@H](O)CC#Cc4c(F)cc(F)cc4F)CCNCC3)c2c1. The minimum atomic E-state index is -1.08. The molecular formula is C29H32F3N3O3. The average molecular weight is 528 g/mol. The van der Waals surface area contributed by atoms with Crippen LogP contribution in [0.15, 0.2) is 36.5 Å². The fourth-order valence-electron chi connectivity index (χ4n) is 5.27. The van der Waals surface area contributed by atoms with Gasteiger partial charge in [-0.1, -0.05) is 11.8 Å². The zero-order valence-electron chi connectivity index (χ0n) is 21.2. The van der Waals surface area contributed by atoms with Crippen molar-refractivity contribution >= 4 is 10.9 Å². The third kappa shape index (κ3) is 5.94. The molecule has 4 rings (SSSR count). The maximum atomic E-state index is 14.0. The summed E-state index contributed by atoms with van der Waals surface area (Å²) < 4.78 is 46.5. The first-order valence-corrected chi connectivity index (χ1v) is 12.6. The lowest BCUT2D eigenvalue weighted by Crippen LogP contribution is -2.44. The Bertz CT molecular complexity index is 1320. The number of nitrogens with zero attached hydrogens (tertiary/aromatic N) is 1. The van der Waals surface area contributed by atoms with Gasteiger partial charge in [-0.3, -0.25) is 4.98 Å². The van der Waals surface area contributed by atoms with E-state index in [1.165, 1.54) is 0 Å². The lowest BCUT2D eigenvalue weighted by atomic mass is 9.69. The smallest absolute Gasteiger partial charge is 0.144 e. The molecule has 202 valence electrons. The lowest BCUT2D eigenvalue weighted by Gasteiger charge is -2.41. The summed E-state index contributed by atoms with van der Waals surface area (Å²) in [6.45, 7) is 1.58. The first-order valence-electron chi connectivity index (χ1n) is 12.6. The third-order valence-electron chi connectivity index (χ3n) is 7.49. The minimum absolute atomic E-state index is 0.0181. The molecule has 2 atom stereocenters. The Morgan fingerprint density at radius 1 is 1.13 bits per heavy atom. The number of benzene rings is 2. The second kappa shape index (κ2) is 12.1. The van der Waals surface area contributed by atoms with Gasteiger partial charge in [0, 0.05) is 36.7 Å². The topological polar surface area (TPSA) is 101 Å². The summed E-state index contributed by atoms with van der Waals surface area (Å²) in [5.41, 5.74) is 7.03. The van der Waals surface area contributed by atoms with Crippen LogP contribution in [0.3, 0.4) is 0 Å². The molecule has 3 aromatic rings. The van der Waals surface area contributed by atoms with E-state index in [1.807, 2.05) is 12.1 Å². The van der Waals surface area contributed by atoms with Gasteiger partial charge in [0.2, 0.25) is 0 Å². The summed E-state index contributed by atoms with van der Waals surface area (Å²) in [6, 6.07) is 6.62. The van der Waals surface area contributed by atoms with E-state index in [2.05, 4.69) is 22.1 Å². The molecule has 1 aromatic heterocycles. The highest BCUT2D eigenvalue weighted by Crippen LogP contribution is 2.42. The largest absolute Gasteiger partial charge is 0.497 e. The fourth-order valence-corrected chi connectivity index (χ4v) is 5.27. The Labute approximate surface area is 220 Å². The third-order valence-corrected chi connectivity index (χ3v) is 7.49. The minimum Gasteiger partial charge on any atom is -0.497 e. The van der Waals surface area contributed by atoms with Crippen molar-refractivity contribution in [1.82, 2.24) is 10.3 Å². The van der Waals surface area contributed by atoms with Crippen LogP contribution in [0.4, 0.5) is 13.2 Å². The van der Waals surface area contributed by atoms with Crippen LogP contribution in [-0.2, 0) is 6.54 Å². The summed E-state index contributed by atoms with van der Waals surface area (Å²) >= 11 is 0. The zero-order valence-corrected chi connectivity index (χ0v) is 21.2. The molecule has 0 unspecified atom stereocenters. The van der Waals surface area contributed by atoms with Crippen molar-refractivity contribution in [2.75, 3.05) is 20.2 Å². The lowest BCUT2D eigenvalue weighted by molar-refractivity contribution is -0.0121. The summed E-state index contributed by atoms with van der Waals surface area (Å²) in [6.07, 6.45) is 2.05. The maximum Gasteiger partial charge on any atom is 0.144 e. The van der Waals surface area contributed by atoms with Gasteiger partial charge in [-0.2, -0.15) is 0 Å². The second-order valence-corrected chi connectivity index (χ2v) is 9.72. The van der Waals surface area contributed by atoms with E-state index < -0.39 is 40.6 Å². The van der Waals surface area contributed by atoms with Crippen molar-refractivity contribution < 1.29 is 28.1 Å². The van der Waals surface area contributed by atoms with E-state index in [4.69, 9.17) is 10.5 Å². The average Bonchev–Trinajstić information content (AvgIpc) is 2.92. The van der Waals surface area contributed by atoms with Gasteiger partial charge in [-0.15, -0.1) is 0 Å². The standard InChI is InChI=1S/C29H32F3N3O3/c1-38-20-5-6-25-22(15-20)28(18(16-33)17-35-25)26(36)7-8-29(9-11-34-12-10-29)27(37)4-2-3-21-23(31)13-19(30)14-24(21)32/h5-6,13-15,17,26-27,34,36-37H,4,7-12,16,33H2,1H3/t26-,27+/m1/s1. The number of methoxy groups -OCH3 is 1. The number of aliphatic hydroxyl groups is 2. The highest BCUT2D eigenvalue weighted by Gasteiger charge is 2.39. The van der Waals surface area contributed by atoms with Crippen LogP contribution in [0.25, 0.3) is 10.9 Å². The molecule has 2 heterocycles. The number of hydrogen-bond donors (Lipinski definition) is 4. The quantitative estimate of drug-likeness (QED) is 0.329. The summed E-state index contributed by atoms with van der Waals surface area (Å²) in [5.74, 6) is 2.54. The number of rotatable bonds is 8. The molecule has 1 aliphatic heterocycles. The van der Waals surface area contributed by atoms with E-state index in [0.717, 1.165) is 10.9 Å². The maximum absolute atomic E-state index is 14.0. The van der Waals surface area contributed by atoms with Gasteiger partial charge in [0.1, 0.15) is 23.2 Å². The van der Waals surface area contributed by atoms with E-state index in [1.54, 1.807) is 19.4 Å². The van der Waals surface area contributed by atoms with Gasteiger partial charge in [0.25, 0.3) is 0 Å². The predicted molar refractivity (Wildman–Crippen MR) is 139 cm³/mol. The van der Waals surface area contributed by atoms with Crippen LogP contribution >= 0.6 is 0 Å². The van der Waals surface area contributed by atoms with Crippen LogP contribution in [0.1, 0.15) is 54.9 Å². The number of aliphatic hydroxyl groups excluding tert-OH is 2. The number of nitrogens with one attached hydrogen (secondary N) is 1. The molecule has 9 heteroatoms. The monoisotopic (exact) mass is 527 g/mol. The molecule has 0 bridgehead atoms. The number of aromatic nitrogens is 1. The normalized spacial score (nSPS) is 16.5. The molecule has 6 nitrogen and oxygen atoms in total. The molecule has 0 radical (unpaired) electrons. The van der Waals surface area contributed by atoms with Gasteiger partial charge >= 0.3 is 0 Å². The van der Waals surface area contributed by atoms with Crippen molar-refractivity contribution in [1.29, 1.82) is 0 Å². The highest BCUT2D eigenvalue weighted by molar-refractivity contribution is 5.85. The Hall–Kier alpha value is -3.16. The Kier molecular flexibility index (Phi) is 8.90. The number of pyridine rings is 1. The molecular weight excluding hydrogens is 495 g/mol. The molecule has 1 saturated heterocycles. The molecule has 0 saturated carbocycles. The first-order chi connectivity index (χ1) is 18.3. The Balaban J connectivity index is 1.55. The van der Waals surface area contributed by atoms with Crippen LogP contribution in [-0.4, -0.2) is 41.5 Å². The van der Waals surface area contributed by atoms with Crippen LogP contribution in [0, 0.1) is 34.7 Å². The van der Waals surface area contributed by atoms with Gasteiger partial charge in [0.05, 0.1) is 30.4 Å². The van der Waals surface area contributed by atoms with E-state index in [9.17, 15) is 23.4 Å². The molecule has 0 aliphatic carbocycles. The van der Waals surface area contributed by atoms with Crippen molar-refractivity contribution in [2.24, 2.45) is 11.1 Å². The predicted octanol–water partition coefficient (Wildman–Crippen LogP) is 4.11. The molecule has 2 aromatic carbocycles. The number of ether oxygens (including phenoxy) is 1. The molecule has 38 heavy (non-hydrogen) atoms. The van der Waals surface area contributed by atoms with Crippen molar-refractivity contribution in [3.8, 4) is 17.6 Å². The molecule has 0 amide bonds. The summed E-state index contributed by atoms with van der Waals surface area (Å²) in [5, 5.41) is 26.6. The number of halogens is 3. The fraction of sp³-hybridized carbons (Fsp3) is 0.414. The molecule has 5 N–H and O–H groups in total. The number of fused-ring (bicyclic) bond motifs is 1. The van der Waals surface area contributed by atoms with Crippen molar-refractivity contribution in [3.63, 3.8) is 0 Å². The molecule has 0 spiro atoms. The van der Waals surface area contributed by atoms with Gasteiger partial charge in [-0.05, 0) is 73.5 Å². The summed E-state index contributed by atoms with van der Waals surface area (Å²) in [4.78, 5) is 4.45. The van der Waals surface area contributed by atoms with Crippen LogP contribution in [0.5, 0.6) is 5.75 Å². The highest BCUT2D eigenvalue weighted by atomic mass is 19.1. The first kappa shape index (κ1) is 27.9. The van der Waals surface area contributed by atoms with Crippen LogP contribution < -0.4 is 15.8 Å². The Morgan fingerprint density at radius 3 is 2.50 bits per heavy atom. The zero-order chi connectivity index (χ0) is 27.3. The second-order valence-electron chi connectivity index (χ2n) is 9.72. The van der Waals surface area contributed by atoms with E-state index >= 15 is 0 Å². The Morgan fingerprint density at radius 2 is 1.84 bits per heavy atom.